The summed E-state index contributed by atoms with van der Waals surface area (Å²) < 4.78 is 28.8. The van der Waals surface area contributed by atoms with E-state index in [0.717, 1.165) is 19.3 Å². The highest BCUT2D eigenvalue weighted by Crippen LogP contribution is 2.26. The van der Waals surface area contributed by atoms with Gasteiger partial charge in [-0.1, -0.05) is 0 Å². The van der Waals surface area contributed by atoms with Crippen molar-refractivity contribution in [3.8, 4) is 5.75 Å². The summed E-state index contributed by atoms with van der Waals surface area (Å²) in [5, 5.41) is 8.06. The zero-order chi connectivity index (χ0) is 15.6. The number of hydrogen-bond acceptors (Lipinski definition) is 4. The Morgan fingerprint density at radius 1 is 1.38 bits per heavy atom. The molecule has 0 spiro atoms. The van der Waals surface area contributed by atoms with E-state index in [1.807, 2.05) is 0 Å². The lowest BCUT2D eigenvalue weighted by Gasteiger charge is -2.26. The molecule has 3 N–H and O–H groups in total. The second-order valence-corrected chi connectivity index (χ2v) is 7.00. The van der Waals surface area contributed by atoms with Crippen LogP contribution in [0, 0.1) is 0 Å². The van der Waals surface area contributed by atoms with Gasteiger partial charge in [-0.05, 0) is 51.3 Å². The van der Waals surface area contributed by atoms with E-state index in [4.69, 9.17) is 9.88 Å². The van der Waals surface area contributed by atoms with Crippen LogP contribution in [0.25, 0.3) is 0 Å². The topological polar surface area (TPSA) is 98.5 Å². The SMILES string of the molecule is CC(C)Oc1ccc(C(=O)NC2CCC2)cc1S(N)(=O)=O. The third-order valence-corrected chi connectivity index (χ3v) is 4.25. The molecule has 7 heteroatoms. The van der Waals surface area contributed by atoms with Crippen LogP contribution in [-0.4, -0.2) is 26.5 Å². The van der Waals surface area contributed by atoms with E-state index in [2.05, 4.69) is 5.32 Å². The largest absolute Gasteiger partial charge is 0.490 e. The molecule has 0 radical (unpaired) electrons. The molecule has 1 aromatic rings. The van der Waals surface area contributed by atoms with E-state index >= 15 is 0 Å². The molecule has 1 aliphatic carbocycles. The maximum absolute atomic E-state index is 12.1. The summed E-state index contributed by atoms with van der Waals surface area (Å²) >= 11 is 0. The molecule has 1 saturated carbocycles. The van der Waals surface area contributed by atoms with E-state index in [1.54, 1.807) is 19.9 Å². The van der Waals surface area contributed by atoms with E-state index in [-0.39, 0.29) is 34.3 Å². The maximum atomic E-state index is 12.1. The molecule has 0 bridgehead atoms. The summed E-state index contributed by atoms with van der Waals surface area (Å²) in [6.45, 7) is 3.56. The Labute approximate surface area is 124 Å². The molecule has 0 aromatic heterocycles. The van der Waals surface area contributed by atoms with Crippen molar-refractivity contribution < 1.29 is 17.9 Å². The second-order valence-electron chi connectivity index (χ2n) is 5.47. The molecule has 1 fully saturated rings. The van der Waals surface area contributed by atoms with Gasteiger partial charge in [-0.2, -0.15) is 0 Å². The fourth-order valence-electron chi connectivity index (χ4n) is 2.04. The Morgan fingerprint density at radius 3 is 2.52 bits per heavy atom. The Hall–Kier alpha value is -1.60. The lowest BCUT2D eigenvalue weighted by Crippen LogP contribution is -2.39. The van der Waals surface area contributed by atoms with Crippen LogP contribution in [0.3, 0.4) is 0 Å². The molecule has 1 amide bonds. The van der Waals surface area contributed by atoms with Crippen LogP contribution in [-0.2, 0) is 10.0 Å². The van der Waals surface area contributed by atoms with Crippen molar-refractivity contribution in [3.05, 3.63) is 23.8 Å². The Bertz CT molecular complexity index is 636. The molecule has 1 aliphatic rings. The first-order chi connectivity index (χ1) is 9.77. The summed E-state index contributed by atoms with van der Waals surface area (Å²) in [7, 11) is -3.96. The second kappa shape index (κ2) is 6.03. The first kappa shape index (κ1) is 15.8. The number of hydrogen-bond donors (Lipinski definition) is 2. The van der Waals surface area contributed by atoms with Crippen molar-refractivity contribution in [2.24, 2.45) is 5.14 Å². The average Bonchev–Trinajstić information content (AvgIpc) is 2.32. The molecule has 0 saturated heterocycles. The summed E-state index contributed by atoms with van der Waals surface area (Å²) in [6.07, 6.45) is 2.83. The van der Waals surface area contributed by atoms with Crippen molar-refractivity contribution in [1.82, 2.24) is 5.32 Å². The molecule has 116 valence electrons. The summed E-state index contributed by atoms with van der Waals surface area (Å²) in [6, 6.07) is 4.46. The minimum atomic E-state index is -3.96. The van der Waals surface area contributed by atoms with Crippen molar-refractivity contribution in [3.63, 3.8) is 0 Å². The number of carbonyl (C=O) groups is 1. The number of amides is 1. The van der Waals surface area contributed by atoms with Gasteiger partial charge in [0.05, 0.1) is 6.10 Å². The van der Waals surface area contributed by atoms with Gasteiger partial charge in [0.2, 0.25) is 10.0 Å². The number of benzene rings is 1. The minimum absolute atomic E-state index is 0.160. The van der Waals surface area contributed by atoms with Crippen LogP contribution in [0.4, 0.5) is 0 Å². The molecular formula is C14H20N2O4S. The highest BCUT2D eigenvalue weighted by molar-refractivity contribution is 7.89. The number of ether oxygens (including phenoxy) is 1. The predicted molar refractivity (Wildman–Crippen MR) is 78.7 cm³/mol. The van der Waals surface area contributed by atoms with Crippen LogP contribution >= 0.6 is 0 Å². The maximum Gasteiger partial charge on any atom is 0.251 e. The minimum Gasteiger partial charge on any atom is -0.490 e. The molecule has 1 aromatic carbocycles. The monoisotopic (exact) mass is 312 g/mol. The van der Waals surface area contributed by atoms with Gasteiger partial charge in [0, 0.05) is 11.6 Å². The predicted octanol–water partition coefficient (Wildman–Crippen LogP) is 1.40. The van der Waals surface area contributed by atoms with E-state index in [0.29, 0.717) is 0 Å². The number of carbonyl (C=O) groups excluding carboxylic acids is 1. The van der Waals surface area contributed by atoms with Gasteiger partial charge in [-0.15, -0.1) is 0 Å². The van der Waals surface area contributed by atoms with Crippen LogP contribution in [0.15, 0.2) is 23.1 Å². The number of sulfonamides is 1. The zero-order valence-electron chi connectivity index (χ0n) is 12.1. The van der Waals surface area contributed by atoms with Crippen LogP contribution in [0.1, 0.15) is 43.5 Å². The zero-order valence-corrected chi connectivity index (χ0v) is 12.9. The van der Waals surface area contributed by atoms with Gasteiger partial charge in [0.1, 0.15) is 10.6 Å². The Kier molecular flexibility index (Phi) is 4.53. The molecule has 2 rings (SSSR count). The van der Waals surface area contributed by atoms with Gasteiger partial charge < -0.3 is 10.1 Å². The van der Waals surface area contributed by atoms with Crippen LogP contribution in [0.2, 0.25) is 0 Å². The normalized spacial score (nSPS) is 15.6. The molecule has 6 nitrogen and oxygen atoms in total. The number of primary sulfonamides is 1. The molecule has 0 unspecified atom stereocenters. The molecule has 0 aliphatic heterocycles. The highest BCUT2D eigenvalue weighted by Gasteiger charge is 2.23. The third kappa shape index (κ3) is 3.95. The first-order valence-electron chi connectivity index (χ1n) is 6.92. The fraction of sp³-hybridized carbons (Fsp3) is 0.500. The van der Waals surface area contributed by atoms with Crippen molar-refractivity contribution in [1.29, 1.82) is 0 Å². The highest BCUT2D eigenvalue weighted by atomic mass is 32.2. The lowest BCUT2D eigenvalue weighted by atomic mass is 9.93. The summed E-state index contributed by atoms with van der Waals surface area (Å²) in [4.78, 5) is 11.9. The number of nitrogens with one attached hydrogen (secondary N) is 1. The summed E-state index contributed by atoms with van der Waals surface area (Å²) in [5.74, 6) is -0.131. The third-order valence-electron chi connectivity index (χ3n) is 3.32. The molecule has 21 heavy (non-hydrogen) atoms. The van der Waals surface area contributed by atoms with Crippen molar-refractivity contribution in [2.75, 3.05) is 0 Å². The average molecular weight is 312 g/mol. The fourth-order valence-corrected chi connectivity index (χ4v) is 2.73. The van der Waals surface area contributed by atoms with E-state index in [9.17, 15) is 13.2 Å². The Balaban J connectivity index is 2.29. The van der Waals surface area contributed by atoms with E-state index < -0.39 is 10.0 Å². The van der Waals surface area contributed by atoms with Crippen LogP contribution in [0.5, 0.6) is 5.75 Å². The Morgan fingerprint density at radius 2 is 2.05 bits per heavy atom. The van der Waals surface area contributed by atoms with Crippen molar-refractivity contribution >= 4 is 15.9 Å². The van der Waals surface area contributed by atoms with Crippen molar-refractivity contribution in [2.45, 2.75) is 50.2 Å². The van der Waals surface area contributed by atoms with Gasteiger partial charge in [-0.3, -0.25) is 4.79 Å². The smallest absolute Gasteiger partial charge is 0.251 e. The van der Waals surface area contributed by atoms with Gasteiger partial charge >= 0.3 is 0 Å². The molecule has 0 heterocycles. The first-order valence-corrected chi connectivity index (χ1v) is 8.46. The molecular weight excluding hydrogens is 292 g/mol. The van der Waals surface area contributed by atoms with Crippen LogP contribution < -0.4 is 15.2 Å². The molecule has 0 atom stereocenters. The number of nitrogens with two attached hydrogens (primary N) is 1. The summed E-state index contributed by atoms with van der Waals surface area (Å²) in [5.41, 5.74) is 0.266. The quantitative estimate of drug-likeness (QED) is 0.858. The van der Waals surface area contributed by atoms with E-state index in [1.165, 1.54) is 12.1 Å². The van der Waals surface area contributed by atoms with Gasteiger partial charge in [-0.25, -0.2) is 13.6 Å². The van der Waals surface area contributed by atoms with Gasteiger partial charge in [0.25, 0.3) is 5.91 Å². The lowest BCUT2D eigenvalue weighted by molar-refractivity contribution is 0.0916. The number of rotatable bonds is 5. The standard InChI is InChI=1S/C14H20N2O4S/c1-9(2)20-12-7-6-10(8-13(12)21(15,18)19)14(17)16-11-4-3-5-11/h6-9,11H,3-5H2,1-2H3,(H,16,17)(H2,15,18,19). The van der Waals surface area contributed by atoms with Gasteiger partial charge in [0.15, 0.2) is 0 Å².